The molecule has 2 rings (SSSR count). The van der Waals surface area contributed by atoms with Gasteiger partial charge in [0, 0.05) is 0 Å². The monoisotopic (exact) mass is 173 g/mol. The molecule has 2 saturated heterocycles. The third kappa shape index (κ3) is 1.01. The smallest absolute Gasteiger partial charge is 0.232 e. The lowest BCUT2D eigenvalue weighted by Crippen LogP contribution is -2.67. The molecule has 0 bridgehead atoms. The van der Waals surface area contributed by atoms with E-state index in [9.17, 15) is 4.79 Å². The predicted molar refractivity (Wildman–Crippen MR) is 37.9 cm³/mol. The number of fused-ring (bicyclic) bond motifs is 1. The molecule has 0 aromatic carbocycles. The first-order valence-corrected chi connectivity index (χ1v) is 3.94. The normalized spacial score (nSPS) is 46.0. The first-order chi connectivity index (χ1) is 5.72. The van der Waals surface area contributed by atoms with E-state index in [4.69, 9.17) is 14.6 Å². The van der Waals surface area contributed by atoms with Crippen molar-refractivity contribution < 1.29 is 19.4 Å². The van der Waals surface area contributed by atoms with Crippen molar-refractivity contribution in [1.29, 1.82) is 0 Å². The van der Waals surface area contributed by atoms with Crippen LogP contribution in [0.25, 0.3) is 0 Å². The van der Waals surface area contributed by atoms with Crippen molar-refractivity contribution in [2.45, 2.75) is 25.5 Å². The number of hydrogen-bond acceptors (Lipinski definition) is 4. The van der Waals surface area contributed by atoms with E-state index in [1.54, 1.807) is 0 Å². The topological polar surface area (TPSA) is 67.8 Å². The summed E-state index contributed by atoms with van der Waals surface area (Å²) in [6.45, 7) is 1.63. The second-order valence-corrected chi connectivity index (χ2v) is 3.04. The average Bonchev–Trinajstić information content (AvgIpc) is 2.00. The van der Waals surface area contributed by atoms with Crippen LogP contribution in [0.2, 0.25) is 0 Å². The van der Waals surface area contributed by atoms with Gasteiger partial charge in [-0.3, -0.25) is 4.79 Å². The average molecular weight is 173 g/mol. The summed E-state index contributed by atoms with van der Waals surface area (Å²) >= 11 is 0. The molecule has 5 heteroatoms. The number of hydrogen-bond donors (Lipinski definition) is 2. The first-order valence-electron chi connectivity index (χ1n) is 3.94. The van der Waals surface area contributed by atoms with Crippen LogP contribution in [0.1, 0.15) is 6.92 Å². The minimum atomic E-state index is -0.596. The second kappa shape index (κ2) is 2.69. The highest BCUT2D eigenvalue weighted by atomic mass is 16.7. The summed E-state index contributed by atoms with van der Waals surface area (Å²) in [6, 6.07) is 0. The van der Waals surface area contributed by atoms with Gasteiger partial charge in [-0.1, -0.05) is 0 Å². The van der Waals surface area contributed by atoms with E-state index < -0.39 is 6.29 Å². The van der Waals surface area contributed by atoms with Crippen LogP contribution in [0.3, 0.4) is 0 Å². The summed E-state index contributed by atoms with van der Waals surface area (Å²) < 4.78 is 10.4. The lowest BCUT2D eigenvalue weighted by molar-refractivity contribution is -0.292. The van der Waals surface area contributed by atoms with Crippen molar-refractivity contribution in [3.8, 4) is 0 Å². The molecule has 0 radical (unpaired) electrons. The largest absolute Gasteiger partial charge is 0.391 e. The molecular formula is C7H11NO4. The Kier molecular flexibility index (Phi) is 1.79. The van der Waals surface area contributed by atoms with Gasteiger partial charge in [-0.25, -0.2) is 0 Å². The lowest BCUT2D eigenvalue weighted by Gasteiger charge is -2.45. The van der Waals surface area contributed by atoms with Crippen LogP contribution < -0.4 is 5.32 Å². The molecule has 2 heterocycles. The van der Waals surface area contributed by atoms with Gasteiger partial charge in [-0.05, 0) is 6.92 Å². The molecule has 1 amide bonds. The molecule has 5 nitrogen and oxygen atoms in total. The SMILES string of the molecule is C[C@H]1O[C@@H](CO)O[C@@H]2NC(=O)[C@H]12. The van der Waals surface area contributed by atoms with Gasteiger partial charge in [0.15, 0.2) is 6.29 Å². The maximum absolute atomic E-state index is 10.9. The number of nitrogens with one attached hydrogen (secondary N) is 1. The van der Waals surface area contributed by atoms with Gasteiger partial charge in [-0.15, -0.1) is 0 Å². The molecule has 2 aliphatic heterocycles. The van der Waals surface area contributed by atoms with E-state index in [-0.39, 0.29) is 30.8 Å². The van der Waals surface area contributed by atoms with Crippen LogP contribution in [-0.2, 0) is 14.3 Å². The number of aliphatic hydroxyl groups excluding tert-OH is 1. The zero-order chi connectivity index (χ0) is 8.72. The highest BCUT2D eigenvalue weighted by Gasteiger charge is 2.49. The Morgan fingerprint density at radius 2 is 2.33 bits per heavy atom. The van der Waals surface area contributed by atoms with Crippen LogP contribution in [0.5, 0.6) is 0 Å². The summed E-state index contributed by atoms with van der Waals surface area (Å²) in [5, 5.41) is 11.3. The molecule has 0 aromatic rings. The molecule has 0 unspecified atom stereocenters. The van der Waals surface area contributed by atoms with Crippen molar-refractivity contribution in [3.63, 3.8) is 0 Å². The van der Waals surface area contributed by atoms with E-state index in [2.05, 4.69) is 5.32 Å². The molecule has 0 spiro atoms. The first kappa shape index (κ1) is 7.97. The van der Waals surface area contributed by atoms with Gasteiger partial charge in [0.05, 0.1) is 12.7 Å². The zero-order valence-electron chi connectivity index (χ0n) is 6.69. The fourth-order valence-electron chi connectivity index (χ4n) is 1.55. The van der Waals surface area contributed by atoms with Crippen LogP contribution in [0, 0.1) is 5.92 Å². The van der Waals surface area contributed by atoms with E-state index in [1.807, 2.05) is 6.92 Å². The Morgan fingerprint density at radius 1 is 1.58 bits per heavy atom. The van der Waals surface area contributed by atoms with Crippen molar-refractivity contribution in [2.24, 2.45) is 5.92 Å². The maximum atomic E-state index is 10.9. The number of ether oxygens (including phenoxy) is 2. The van der Waals surface area contributed by atoms with Crippen LogP contribution in [-0.4, -0.2) is 36.2 Å². The molecule has 0 aromatic heterocycles. The summed E-state index contributed by atoms with van der Waals surface area (Å²) in [4.78, 5) is 10.9. The van der Waals surface area contributed by atoms with Crippen molar-refractivity contribution in [3.05, 3.63) is 0 Å². The Balaban J connectivity index is 2.01. The molecular weight excluding hydrogens is 162 g/mol. The standard InChI is InChI=1S/C7H11NO4/c1-3-5-6(10)8-7(5)12-4(2-9)11-3/h3-5,7,9H,2H2,1H3,(H,8,10)/t3-,4-,5+,7+/m1/s1. The number of carbonyl (C=O) groups excluding carboxylic acids is 1. The third-order valence-corrected chi connectivity index (χ3v) is 2.23. The fourth-order valence-corrected chi connectivity index (χ4v) is 1.55. The highest BCUT2D eigenvalue weighted by Crippen LogP contribution is 2.29. The summed E-state index contributed by atoms with van der Waals surface area (Å²) in [5.41, 5.74) is 0. The van der Waals surface area contributed by atoms with E-state index in [1.165, 1.54) is 0 Å². The minimum absolute atomic E-state index is 0.0381. The van der Waals surface area contributed by atoms with E-state index in [0.29, 0.717) is 0 Å². The Hall–Kier alpha value is -0.650. The minimum Gasteiger partial charge on any atom is -0.391 e. The van der Waals surface area contributed by atoms with Crippen molar-refractivity contribution in [2.75, 3.05) is 6.61 Å². The van der Waals surface area contributed by atoms with E-state index in [0.717, 1.165) is 0 Å². The van der Waals surface area contributed by atoms with E-state index >= 15 is 0 Å². The molecule has 0 aliphatic carbocycles. The summed E-state index contributed by atoms with van der Waals surface area (Å²) in [7, 11) is 0. The highest BCUT2D eigenvalue weighted by molar-refractivity contribution is 5.85. The quantitative estimate of drug-likeness (QED) is 0.489. The zero-order valence-corrected chi connectivity index (χ0v) is 6.69. The lowest BCUT2D eigenvalue weighted by atomic mass is 9.92. The van der Waals surface area contributed by atoms with Crippen molar-refractivity contribution in [1.82, 2.24) is 5.32 Å². The summed E-state index contributed by atoms with van der Waals surface area (Å²) in [6.07, 6.45) is -1.03. The Morgan fingerprint density at radius 3 is 2.83 bits per heavy atom. The Bertz CT molecular complexity index is 200. The molecule has 2 aliphatic rings. The molecule has 0 saturated carbocycles. The second-order valence-electron chi connectivity index (χ2n) is 3.04. The number of β-lactam (4-membered cyclic amide) rings is 1. The van der Waals surface area contributed by atoms with Crippen LogP contribution in [0.15, 0.2) is 0 Å². The fraction of sp³-hybridized carbons (Fsp3) is 0.857. The van der Waals surface area contributed by atoms with Crippen molar-refractivity contribution >= 4 is 5.91 Å². The molecule has 2 N–H and O–H groups in total. The number of rotatable bonds is 1. The van der Waals surface area contributed by atoms with Gasteiger partial charge in [0.25, 0.3) is 0 Å². The van der Waals surface area contributed by atoms with Crippen LogP contribution >= 0.6 is 0 Å². The summed E-state index contributed by atoms with van der Waals surface area (Å²) in [5.74, 6) is -0.239. The van der Waals surface area contributed by atoms with Crippen LogP contribution in [0.4, 0.5) is 0 Å². The van der Waals surface area contributed by atoms with Gasteiger partial charge in [0.2, 0.25) is 5.91 Å². The molecule has 4 atom stereocenters. The van der Waals surface area contributed by atoms with Gasteiger partial charge in [0.1, 0.15) is 12.1 Å². The molecule has 2 fully saturated rings. The number of carbonyl (C=O) groups is 1. The predicted octanol–water partition coefficient (Wildman–Crippen LogP) is -1.19. The Labute approximate surface area is 69.6 Å². The van der Waals surface area contributed by atoms with Gasteiger partial charge < -0.3 is 19.9 Å². The number of amides is 1. The molecule has 12 heavy (non-hydrogen) atoms. The molecule has 68 valence electrons. The third-order valence-electron chi connectivity index (χ3n) is 2.23. The van der Waals surface area contributed by atoms with Gasteiger partial charge >= 0.3 is 0 Å². The number of aliphatic hydroxyl groups is 1. The maximum Gasteiger partial charge on any atom is 0.232 e. The van der Waals surface area contributed by atoms with Gasteiger partial charge in [-0.2, -0.15) is 0 Å².